The Morgan fingerprint density at radius 3 is 1.89 bits per heavy atom. The largest absolute Gasteiger partial charge is 0.316 e. The molecule has 0 spiro atoms. The van der Waals surface area contributed by atoms with Gasteiger partial charge in [-0.1, -0.05) is 0 Å². The van der Waals surface area contributed by atoms with Gasteiger partial charge in [0.15, 0.2) is 0 Å². The number of hydrogen-bond acceptors (Lipinski definition) is 2. The van der Waals surface area contributed by atoms with Crippen molar-refractivity contribution in [3.05, 3.63) is 0 Å². The van der Waals surface area contributed by atoms with Crippen molar-refractivity contribution in [2.45, 2.75) is 38.5 Å². The highest BCUT2D eigenvalue weighted by atomic mass is 15.2. The molecule has 0 radical (unpaired) electrons. The van der Waals surface area contributed by atoms with Crippen molar-refractivity contribution in [3.63, 3.8) is 0 Å². The van der Waals surface area contributed by atoms with Crippen LogP contribution < -0.4 is 5.32 Å². The summed E-state index contributed by atoms with van der Waals surface area (Å²) in [5.41, 5.74) is 0.765. The third-order valence-electron chi connectivity index (χ3n) is 7.19. The van der Waals surface area contributed by atoms with E-state index >= 15 is 0 Å². The van der Waals surface area contributed by atoms with E-state index < -0.39 is 0 Å². The summed E-state index contributed by atoms with van der Waals surface area (Å²) in [5.74, 6) is 5.32. The van der Waals surface area contributed by atoms with Gasteiger partial charge in [-0.25, -0.2) is 0 Å². The van der Waals surface area contributed by atoms with E-state index in [1.54, 1.807) is 38.5 Å². The molecule has 2 aliphatic heterocycles. The van der Waals surface area contributed by atoms with Crippen LogP contribution >= 0.6 is 0 Å². The van der Waals surface area contributed by atoms with E-state index in [4.69, 9.17) is 0 Å². The molecule has 2 unspecified atom stereocenters. The fourth-order valence-electron chi connectivity index (χ4n) is 7.04. The van der Waals surface area contributed by atoms with Gasteiger partial charge < -0.3 is 10.2 Å². The van der Waals surface area contributed by atoms with Crippen LogP contribution in [0.1, 0.15) is 38.5 Å². The molecule has 2 heterocycles. The lowest BCUT2D eigenvalue weighted by atomic mass is 9.49. The van der Waals surface area contributed by atoms with Crippen LogP contribution in [0, 0.1) is 35.0 Å². The monoisotopic (exact) mass is 260 g/mol. The Morgan fingerprint density at radius 1 is 0.842 bits per heavy atom. The van der Waals surface area contributed by atoms with Gasteiger partial charge in [-0.2, -0.15) is 0 Å². The van der Waals surface area contributed by atoms with E-state index in [-0.39, 0.29) is 0 Å². The summed E-state index contributed by atoms with van der Waals surface area (Å²) in [6, 6.07) is 0. The first-order chi connectivity index (χ1) is 9.28. The van der Waals surface area contributed by atoms with Crippen molar-refractivity contribution in [2.75, 3.05) is 32.7 Å². The Kier molecular flexibility index (Phi) is 2.42. The van der Waals surface area contributed by atoms with Crippen molar-refractivity contribution < 1.29 is 0 Å². The molecule has 6 rings (SSSR count). The fraction of sp³-hybridized carbons (Fsp3) is 1.00. The molecule has 2 heteroatoms. The molecule has 0 aromatic heterocycles. The van der Waals surface area contributed by atoms with Crippen LogP contribution in [-0.2, 0) is 0 Å². The molecule has 6 aliphatic rings. The second-order valence-electron chi connectivity index (χ2n) is 8.79. The van der Waals surface area contributed by atoms with Crippen LogP contribution in [0.5, 0.6) is 0 Å². The van der Waals surface area contributed by atoms with Crippen LogP contribution in [-0.4, -0.2) is 37.6 Å². The number of hydrogen-bond donors (Lipinski definition) is 1. The van der Waals surface area contributed by atoms with Crippen molar-refractivity contribution in [1.29, 1.82) is 0 Å². The highest BCUT2D eigenvalue weighted by molar-refractivity contribution is 5.04. The smallest absolute Gasteiger partial charge is 0.00385 e. The molecule has 1 N–H and O–H groups in total. The van der Waals surface area contributed by atoms with Crippen molar-refractivity contribution in [3.8, 4) is 0 Å². The highest BCUT2D eigenvalue weighted by Crippen LogP contribution is 2.60. The summed E-state index contributed by atoms with van der Waals surface area (Å²) in [6.45, 7) is 6.85. The highest BCUT2D eigenvalue weighted by Gasteiger charge is 2.52. The lowest BCUT2D eigenvalue weighted by molar-refractivity contribution is -0.0672. The molecule has 106 valence electrons. The molecule has 2 atom stereocenters. The van der Waals surface area contributed by atoms with Crippen LogP contribution in [0.3, 0.4) is 0 Å². The van der Waals surface area contributed by atoms with Crippen LogP contribution in [0.15, 0.2) is 0 Å². The summed E-state index contributed by atoms with van der Waals surface area (Å²) in [7, 11) is 0. The summed E-state index contributed by atoms with van der Waals surface area (Å²) in [4.78, 5) is 2.86. The van der Waals surface area contributed by atoms with Gasteiger partial charge in [-0.3, -0.25) is 0 Å². The molecule has 4 saturated carbocycles. The van der Waals surface area contributed by atoms with Crippen molar-refractivity contribution in [2.24, 2.45) is 35.0 Å². The minimum Gasteiger partial charge on any atom is -0.316 e. The Labute approximate surface area is 117 Å². The Bertz CT molecular complexity index is 330. The molecule has 6 fully saturated rings. The summed E-state index contributed by atoms with van der Waals surface area (Å²) >= 11 is 0. The lowest BCUT2D eigenvalue weighted by Gasteiger charge is -2.57. The number of nitrogens with zero attached hydrogens (tertiary/aromatic N) is 1. The van der Waals surface area contributed by atoms with Crippen LogP contribution in [0.2, 0.25) is 0 Å². The number of nitrogens with one attached hydrogen (secondary N) is 1. The first kappa shape index (κ1) is 11.6. The van der Waals surface area contributed by atoms with Gasteiger partial charge in [0, 0.05) is 19.6 Å². The molecule has 0 amide bonds. The number of likely N-dealkylation sites (tertiary alicyclic amines) is 1. The van der Waals surface area contributed by atoms with Gasteiger partial charge in [-0.05, 0) is 86.6 Å². The molecule has 19 heavy (non-hydrogen) atoms. The van der Waals surface area contributed by atoms with E-state index in [1.165, 1.54) is 32.7 Å². The van der Waals surface area contributed by atoms with Crippen LogP contribution in [0.4, 0.5) is 0 Å². The van der Waals surface area contributed by atoms with Crippen LogP contribution in [0.25, 0.3) is 0 Å². The molecular formula is C17H28N2. The zero-order valence-electron chi connectivity index (χ0n) is 12.1. The molecule has 4 bridgehead atoms. The average molecular weight is 260 g/mol. The zero-order valence-corrected chi connectivity index (χ0v) is 12.1. The molecule has 0 aromatic carbocycles. The molecule has 4 aliphatic carbocycles. The van der Waals surface area contributed by atoms with E-state index in [2.05, 4.69) is 10.2 Å². The van der Waals surface area contributed by atoms with Gasteiger partial charge in [-0.15, -0.1) is 0 Å². The zero-order chi connectivity index (χ0) is 12.4. The lowest BCUT2D eigenvalue weighted by Crippen LogP contribution is -2.51. The van der Waals surface area contributed by atoms with E-state index in [1.807, 2.05) is 0 Å². The van der Waals surface area contributed by atoms with E-state index in [0.29, 0.717) is 0 Å². The van der Waals surface area contributed by atoms with Gasteiger partial charge in [0.2, 0.25) is 0 Å². The predicted octanol–water partition coefficient (Wildman–Crippen LogP) is 2.35. The van der Waals surface area contributed by atoms with Gasteiger partial charge in [0.05, 0.1) is 0 Å². The number of rotatable bonds is 2. The first-order valence-corrected chi connectivity index (χ1v) is 8.71. The topological polar surface area (TPSA) is 15.3 Å². The maximum absolute atomic E-state index is 3.58. The Morgan fingerprint density at radius 2 is 1.37 bits per heavy atom. The normalized spacial score (nSPS) is 55.9. The van der Waals surface area contributed by atoms with Gasteiger partial charge in [0.1, 0.15) is 0 Å². The van der Waals surface area contributed by atoms with Gasteiger partial charge >= 0.3 is 0 Å². The molecule has 2 nitrogen and oxygen atoms in total. The molecule has 0 aromatic rings. The minimum atomic E-state index is 0.765. The molecule has 2 saturated heterocycles. The number of fused-ring (bicyclic) bond motifs is 1. The van der Waals surface area contributed by atoms with E-state index in [9.17, 15) is 0 Å². The maximum atomic E-state index is 3.58. The van der Waals surface area contributed by atoms with E-state index in [0.717, 1.165) is 35.0 Å². The standard InChI is InChI=1S/C17H28N2/c1-12-2-14-3-13(1)5-17(4-12,6-14)11-19-9-15-7-18-8-16(15)10-19/h12-16,18H,1-11H2. The third kappa shape index (κ3) is 1.82. The van der Waals surface area contributed by atoms with Gasteiger partial charge in [0.25, 0.3) is 0 Å². The third-order valence-corrected chi connectivity index (χ3v) is 7.19. The Balaban J connectivity index is 1.31. The van der Waals surface area contributed by atoms with Crippen molar-refractivity contribution in [1.82, 2.24) is 10.2 Å². The predicted molar refractivity (Wildman–Crippen MR) is 76.9 cm³/mol. The minimum absolute atomic E-state index is 0.765. The second kappa shape index (κ2) is 3.98. The quantitative estimate of drug-likeness (QED) is 0.820. The second-order valence-corrected chi connectivity index (χ2v) is 8.79. The summed E-state index contributed by atoms with van der Waals surface area (Å²) in [6.07, 6.45) is 9.53. The maximum Gasteiger partial charge on any atom is 0.00385 e. The fourth-order valence-corrected chi connectivity index (χ4v) is 7.04. The average Bonchev–Trinajstić information content (AvgIpc) is 2.86. The summed E-state index contributed by atoms with van der Waals surface area (Å²) < 4.78 is 0. The van der Waals surface area contributed by atoms with Crippen molar-refractivity contribution >= 4 is 0 Å². The Hall–Kier alpha value is -0.0800. The SMILES string of the molecule is C1C2CC3CC1CC(CN1CC4CNCC4C1)(C2)C3. The summed E-state index contributed by atoms with van der Waals surface area (Å²) in [5, 5.41) is 3.58. The first-order valence-electron chi connectivity index (χ1n) is 8.71. The molecular weight excluding hydrogens is 232 g/mol.